The minimum Gasteiger partial charge on any atom is -0.379 e. The van der Waals surface area contributed by atoms with E-state index in [0.29, 0.717) is 25.0 Å². The van der Waals surface area contributed by atoms with Gasteiger partial charge in [-0.15, -0.1) is 0 Å². The first-order valence-corrected chi connectivity index (χ1v) is 8.82. The lowest BCUT2D eigenvalue weighted by atomic mass is 9.89. The third-order valence-corrected chi connectivity index (χ3v) is 5.04. The van der Waals surface area contributed by atoms with Crippen molar-refractivity contribution < 1.29 is 9.53 Å². The average Bonchev–Trinajstić information content (AvgIpc) is 3.02. The van der Waals surface area contributed by atoms with E-state index in [-0.39, 0.29) is 12.1 Å². The van der Waals surface area contributed by atoms with Gasteiger partial charge in [0, 0.05) is 24.9 Å². The molecule has 5 heteroatoms. The Kier molecular flexibility index (Phi) is 5.86. The summed E-state index contributed by atoms with van der Waals surface area (Å²) in [5.41, 5.74) is 1.24. The molecule has 23 heavy (non-hydrogen) atoms. The molecule has 0 unspecified atom stereocenters. The molecule has 2 N–H and O–H groups in total. The van der Waals surface area contributed by atoms with Crippen LogP contribution in [0.1, 0.15) is 37.7 Å². The predicted molar refractivity (Wildman–Crippen MR) is 89.1 cm³/mol. The minimum atomic E-state index is -0.0502. The Morgan fingerprint density at radius 2 is 1.96 bits per heavy atom. The van der Waals surface area contributed by atoms with E-state index < -0.39 is 0 Å². The van der Waals surface area contributed by atoms with Crippen molar-refractivity contribution in [1.29, 1.82) is 0 Å². The summed E-state index contributed by atoms with van der Waals surface area (Å²) < 4.78 is 5.58. The molecule has 1 aliphatic carbocycles. The summed E-state index contributed by atoms with van der Waals surface area (Å²) in [5.74, 6) is 0.986. The molecule has 0 bridgehead atoms. The summed E-state index contributed by atoms with van der Waals surface area (Å²) in [4.78, 5) is 16.2. The van der Waals surface area contributed by atoms with E-state index in [9.17, 15) is 4.79 Å². The van der Waals surface area contributed by atoms with Gasteiger partial charge in [0.25, 0.3) is 0 Å². The van der Waals surface area contributed by atoms with Crippen LogP contribution >= 0.6 is 0 Å². The van der Waals surface area contributed by atoms with Crippen LogP contribution in [0.3, 0.4) is 0 Å². The maximum absolute atomic E-state index is 12.2. The number of hydrogen-bond donors (Lipinski definition) is 2. The Morgan fingerprint density at radius 1 is 1.17 bits per heavy atom. The SMILES string of the molecule is O=C(NCC1CCCCC1)N[C@H]1COC[C@H]1Cc1ccncc1. The summed E-state index contributed by atoms with van der Waals surface area (Å²) in [7, 11) is 0. The number of urea groups is 1. The second kappa shape index (κ2) is 8.29. The van der Waals surface area contributed by atoms with Crippen molar-refractivity contribution in [2.24, 2.45) is 11.8 Å². The molecule has 1 aromatic rings. The maximum Gasteiger partial charge on any atom is 0.315 e. The molecule has 2 heterocycles. The molecule has 2 atom stereocenters. The second-order valence-corrected chi connectivity index (χ2v) is 6.82. The van der Waals surface area contributed by atoms with E-state index in [1.165, 1.54) is 37.7 Å². The van der Waals surface area contributed by atoms with Gasteiger partial charge in [-0.2, -0.15) is 0 Å². The summed E-state index contributed by atoms with van der Waals surface area (Å²) in [5, 5.41) is 6.15. The number of nitrogens with zero attached hydrogens (tertiary/aromatic N) is 1. The van der Waals surface area contributed by atoms with E-state index in [0.717, 1.165) is 13.0 Å². The number of ether oxygens (including phenoxy) is 1. The van der Waals surface area contributed by atoms with E-state index in [2.05, 4.69) is 15.6 Å². The fraction of sp³-hybridized carbons (Fsp3) is 0.667. The molecule has 1 saturated heterocycles. The first kappa shape index (κ1) is 16.2. The van der Waals surface area contributed by atoms with Crippen molar-refractivity contribution >= 4 is 6.03 Å². The highest BCUT2D eigenvalue weighted by Gasteiger charge is 2.29. The third kappa shape index (κ3) is 4.93. The fourth-order valence-electron chi connectivity index (χ4n) is 3.63. The van der Waals surface area contributed by atoms with Crippen LogP contribution in [0.25, 0.3) is 0 Å². The number of rotatable bonds is 5. The molecule has 126 valence electrons. The molecule has 1 aromatic heterocycles. The normalized spacial score (nSPS) is 25.2. The second-order valence-electron chi connectivity index (χ2n) is 6.82. The molecule has 2 fully saturated rings. The van der Waals surface area contributed by atoms with Crippen LogP contribution in [0.5, 0.6) is 0 Å². The van der Waals surface area contributed by atoms with Gasteiger partial charge in [0.1, 0.15) is 0 Å². The van der Waals surface area contributed by atoms with Crippen LogP contribution in [-0.2, 0) is 11.2 Å². The molecule has 0 radical (unpaired) electrons. The number of hydrogen-bond acceptors (Lipinski definition) is 3. The van der Waals surface area contributed by atoms with E-state index >= 15 is 0 Å². The molecule has 5 nitrogen and oxygen atoms in total. The van der Waals surface area contributed by atoms with Gasteiger partial charge in [0.15, 0.2) is 0 Å². The van der Waals surface area contributed by atoms with E-state index in [1.807, 2.05) is 24.5 Å². The van der Waals surface area contributed by atoms with Crippen molar-refractivity contribution in [3.05, 3.63) is 30.1 Å². The topological polar surface area (TPSA) is 63.2 Å². The quantitative estimate of drug-likeness (QED) is 0.877. The highest BCUT2D eigenvalue weighted by molar-refractivity contribution is 5.74. The van der Waals surface area contributed by atoms with Gasteiger partial charge in [0.05, 0.1) is 19.3 Å². The molecular weight excluding hydrogens is 290 g/mol. The van der Waals surface area contributed by atoms with E-state index in [4.69, 9.17) is 4.74 Å². The zero-order valence-electron chi connectivity index (χ0n) is 13.7. The predicted octanol–water partition coefficient (Wildman–Crippen LogP) is 2.52. The van der Waals surface area contributed by atoms with Crippen molar-refractivity contribution in [1.82, 2.24) is 15.6 Å². The molecule has 2 aliphatic rings. The lowest BCUT2D eigenvalue weighted by molar-refractivity contribution is 0.181. The van der Waals surface area contributed by atoms with Crippen molar-refractivity contribution in [2.45, 2.75) is 44.6 Å². The largest absolute Gasteiger partial charge is 0.379 e. The van der Waals surface area contributed by atoms with Crippen LogP contribution in [0.15, 0.2) is 24.5 Å². The summed E-state index contributed by atoms with van der Waals surface area (Å²) in [6.45, 7) is 2.11. The molecular formula is C18H27N3O2. The molecule has 1 saturated carbocycles. The van der Waals surface area contributed by atoms with Gasteiger partial charge in [-0.05, 0) is 42.9 Å². The Labute approximate surface area is 138 Å². The van der Waals surface area contributed by atoms with Crippen LogP contribution in [-0.4, -0.2) is 36.8 Å². The third-order valence-electron chi connectivity index (χ3n) is 5.04. The van der Waals surface area contributed by atoms with Crippen molar-refractivity contribution in [3.63, 3.8) is 0 Å². The highest BCUT2D eigenvalue weighted by Crippen LogP contribution is 2.23. The van der Waals surface area contributed by atoms with Crippen LogP contribution in [0, 0.1) is 11.8 Å². The number of carbonyl (C=O) groups excluding carboxylic acids is 1. The molecule has 0 spiro atoms. The maximum atomic E-state index is 12.2. The van der Waals surface area contributed by atoms with Gasteiger partial charge in [-0.1, -0.05) is 19.3 Å². The molecule has 0 aromatic carbocycles. The van der Waals surface area contributed by atoms with Gasteiger partial charge < -0.3 is 15.4 Å². The number of pyridine rings is 1. The van der Waals surface area contributed by atoms with Gasteiger partial charge >= 0.3 is 6.03 Å². The van der Waals surface area contributed by atoms with Crippen molar-refractivity contribution in [3.8, 4) is 0 Å². The smallest absolute Gasteiger partial charge is 0.315 e. The van der Waals surface area contributed by atoms with E-state index in [1.54, 1.807) is 0 Å². The first-order valence-electron chi connectivity index (χ1n) is 8.82. The first-order chi connectivity index (χ1) is 11.3. The molecule has 3 rings (SSSR count). The summed E-state index contributed by atoms with van der Waals surface area (Å²) in [6.07, 6.45) is 11.0. The Bertz CT molecular complexity index is 488. The lowest BCUT2D eigenvalue weighted by Gasteiger charge is -2.23. The van der Waals surface area contributed by atoms with Crippen LogP contribution < -0.4 is 10.6 Å². The summed E-state index contributed by atoms with van der Waals surface area (Å²) in [6, 6.07) is 4.09. The zero-order valence-corrected chi connectivity index (χ0v) is 13.7. The van der Waals surface area contributed by atoms with Crippen molar-refractivity contribution in [2.75, 3.05) is 19.8 Å². The Morgan fingerprint density at radius 3 is 2.74 bits per heavy atom. The highest BCUT2D eigenvalue weighted by atomic mass is 16.5. The molecule has 2 amide bonds. The number of aromatic nitrogens is 1. The van der Waals surface area contributed by atoms with Gasteiger partial charge in [-0.3, -0.25) is 4.98 Å². The molecule has 1 aliphatic heterocycles. The Hall–Kier alpha value is -1.62. The number of amides is 2. The minimum absolute atomic E-state index is 0.0502. The fourth-order valence-corrected chi connectivity index (χ4v) is 3.63. The number of carbonyl (C=O) groups is 1. The van der Waals surface area contributed by atoms with Crippen LogP contribution in [0.4, 0.5) is 4.79 Å². The number of nitrogens with one attached hydrogen (secondary N) is 2. The standard InChI is InChI=1S/C18H27N3O2/c22-18(20-11-15-4-2-1-3-5-15)21-17-13-23-12-16(17)10-14-6-8-19-9-7-14/h6-9,15-17H,1-5,10-13H2,(H2,20,21,22)/t16-,17+/m1/s1. The van der Waals surface area contributed by atoms with Crippen LogP contribution in [0.2, 0.25) is 0 Å². The zero-order chi connectivity index (χ0) is 15.9. The monoisotopic (exact) mass is 317 g/mol. The Balaban J connectivity index is 1.43. The van der Waals surface area contributed by atoms with Gasteiger partial charge in [0.2, 0.25) is 0 Å². The summed E-state index contributed by atoms with van der Waals surface area (Å²) >= 11 is 0. The average molecular weight is 317 g/mol. The van der Waals surface area contributed by atoms with Gasteiger partial charge in [-0.25, -0.2) is 4.79 Å². The lowest BCUT2D eigenvalue weighted by Crippen LogP contribution is -2.47.